The van der Waals surface area contributed by atoms with E-state index in [2.05, 4.69) is 27.5 Å². The third kappa shape index (κ3) is 6.55. The number of hydrogen-bond donors (Lipinski definition) is 4. The van der Waals surface area contributed by atoms with Crippen molar-refractivity contribution in [3.63, 3.8) is 0 Å². The minimum Gasteiger partial charge on any atom is -0.481 e. The quantitative estimate of drug-likeness (QED) is 0.130. The van der Waals surface area contributed by atoms with Crippen molar-refractivity contribution in [2.45, 2.75) is 19.1 Å². The second kappa shape index (κ2) is 12.8. The standard InChI is InChI=1S/C29H27N5O5S/c1-3-16-39-28(38)25(27(36)37)19-12-14-22(15-13-19)33(2)18-24(35)30-21-10-7-11-23(17-21)34-26(31-32-29(34)40)20-8-5-4-6-9-20/h4-15,17,25,28,38H,18H2,1-2H3,(H,30,35)(H,32,40)(H,36,37). The van der Waals surface area contributed by atoms with Gasteiger partial charge in [-0.25, -0.2) is 0 Å². The van der Waals surface area contributed by atoms with Gasteiger partial charge in [-0.1, -0.05) is 54.5 Å². The zero-order chi connectivity index (χ0) is 28.6. The Morgan fingerprint density at radius 1 is 1.12 bits per heavy atom. The fourth-order valence-electron chi connectivity index (χ4n) is 4.10. The smallest absolute Gasteiger partial charge is 0.317 e. The number of nitrogens with one attached hydrogen (secondary N) is 2. The lowest BCUT2D eigenvalue weighted by atomic mass is 9.98. The average Bonchev–Trinajstić information content (AvgIpc) is 3.34. The molecular formula is C29H27N5O5S. The number of likely N-dealkylation sites (N-methyl/N-ethyl adjacent to an activating group) is 1. The Kier molecular flexibility index (Phi) is 8.96. The van der Waals surface area contributed by atoms with Crippen LogP contribution in [0.25, 0.3) is 17.1 Å². The maximum atomic E-state index is 12.9. The zero-order valence-electron chi connectivity index (χ0n) is 21.7. The second-order valence-electron chi connectivity index (χ2n) is 8.78. The molecule has 0 fully saturated rings. The Morgan fingerprint density at radius 2 is 1.85 bits per heavy atom. The highest BCUT2D eigenvalue weighted by Gasteiger charge is 2.30. The lowest BCUT2D eigenvalue weighted by Gasteiger charge is -2.21. The first-order valence-corrected chi connectivity index (χ1v) is 12.6. The van der Waals surface area contributed by atoms with Gasteiger partial charge in [0, 0.05) is 30.9 Å². The van der Waals surface area contributed by atoms with Gasteiger partial charge in [0.25, 0.3) is 0 Å². The van der Waals surface area contributed by atoms with Crippen LogP contribution in [0, 0.1) is 16.8 Å². The number of rotatable bonds is 10. The molecule has 1 amide bonds. The molecule has 4 aromatic rings. The van der Waals surface area contributed by atoms with Gasteiger partial charge in [0.2, 0.25) is 12.2 Å². The number of carbonyl (C=O) groups excluding carboxylic acids is 1. The second-order valence-corrected chi connectivity index (χ2v) is 9.16. The molecule has 0 spiro atoms. The largest absolute Gasteiger partial charge is 0.481 e. The predicted octanol–water partition coefficient (Wildman–Crippen LogP) is 4.16. The number of aliphatic hydroxyl groups excluding tert-OH is 1. The molecule has 10 nitrogen and oxygen atoms in total. The third-order valence-electron chi connectivity index (χ3n) is 6.00. The summed E-state index contributed by atoms with van der Waals surface area (Å²) in [6, 6.07) is 23.4. The maximum Gasteiger partial charge on any atom is 0.317 e. The number of aromatic nitrogens is 3. The van der Waals surface area contributed by atoms with E-state index in [4.69, 9.17) is 17.0 Å². The van der Waals surface area contributed by atoms with E-state index in [1.165, 1.54) is 6.92 Å². The summed E-state index contributed by atoms with van der Waals surface area (Å²) in [5, 5.41) is 29.7. The number of anilines is 2. The van der Waals surface area contributed by atoms with Gasteiger partial charge in [0.05, 0.1) is 12.2 Å². The van der Waals surface area contributed by atoms with Crippen molar-refractivity contribution in [3.8, 4) is 29.1 Å². The highest BCUT2D eigenvalue weighted by Crippen LogP contribution is 2.25. The molecule has 0 saturated carbocycles. The molecule has 0 aliphatic rings. The Bertz CT molecular complexity index is 1610. The fourth-order valence-corrected chi connectivity index (χ4v) is 4.34. The van der Waals surface area contributed by atoms with E-state index >= 15 is 0 Å². The molecule has 1 aromatic heterocycles. The van der Waals surface area contributed by atoms with Gasteiger partial charge in [-0.2, -0.15) is 5.10 Å². The number of aromatic amines is 1. The minimum atomic E-state index is -1.63. The molecule has 4 N–H and O–H groups in total. The first kappa shape index (κ1) is 28.1. The van der Waals surface area contributed by atoms with Gasteiger partial charge < -0.3 is 25.2 Å². The predicted molar refractivity (Wildman–Crippen MR) is 153 cm³/mol. The van der Waals surface area contributed by atoms with E-state index in [1.54, 1.807) is 46.8 Å². The van der Waals surface area contributed by atoms with Crippen molar-refractivity contribution < 1.29 is 24.5 Å². The van der Waals surface area contributed by atoms with Gasteiger partial charge in [-0.15, -0.1) is 0 Å². The number of nitrogens with zero attached hydrogens (tertiary/aromatic N) is 3. The van der Waals surface area contributed by atoms with Crippen molar-refractivity contribution in [1.29, 1.82) is 0 Å². The fraction of sp³-hybridized carbons (Fsp3) is 0.172. The van der Waals surface area contributed by atoms with Crippen molar-refractivity contribution in [3.05, 3.63) is 89.2 Å². The number of ether oxygens (including phenoxy) is 1. The molecule has 0 saturated heterocycles. The molecule has 2 unspecified atom stereocenters. The number of carboxylic acids is 1. The van der Waals surface area contributed by atoms with Crippen LogP contribution in [0.3, 0.4) is 0 Å². The number of hydrogen-bond acceptors (Lipinski definition) is 7. The van der Waals surface area contributed by atoms with Gasteiger partial charge in [0.15, 0.2) is 10.6 Å². The maximum absolute atomic E-state index is 12.9. The summed E-state index contributed by atoms with van der Waals surface area (Å²) in [5.41, 5.74) is 3.23. The van der Waals surface area contributed by atoms with Crippen LogP contribution in [-0.4, -0.2) is 56.7 Å². The number of benzene rings is 3. The van der Waals surface area contributed by atoms with Crippen LogP contribution in [0.5, 0.6) is 0 Å². The molecule has 40 heavy (non-hydrogen) atoms. The number of carboxylic acid groups (broad SMARTS) is 1. The van der Waals surface area contributed by atoms with Crippen LogP contribution < -0.4 is 10.2 Å². The van der Waals surface area contributed by atoms with Crippen molar-refractivity contribution in [1.82, 2.24) is 14.8 Å². The third-order valence-corrected chi connectivity index (χ3v) is 6.27. The summed E-state index contributed by atoms with van der Waals surface area (Å²) in [7, 11) is 1.74. The lowest BCUT2D eigenvalue weighted by molar-refractivity contribution is -0.150. The lowest BCUT2D eigenvalue weighted by Crippen LogP contribution is -2.30. The Balaban J connectivity index is 1.45. The summed E-state index contributed by atoms with van der Waals surface area (Å²) >= 11 is 5.46. The highest BCUT2D eigenvalue weighted by atomic mass is 32.1. The molecule has 204 valence electrons. The summed E-state index contributed by atoms with van der Waals surface area (Å²) in [6.07, 6.45) is 0.592. The van der Waals surface area contributed by atoms with E-state index in [0.29, 0.717) is 27.5 Å². The SMILES string of the molecule is CC#COC(O)C(C(=O)O)c1ccc(N(C)CC(=O)Nc2cccc(-n3c(-c4ccccc4)n[nH]c3=S)c2)cc1. The van der Waals surface area contributed by atoms with Crippen LogP contribution in [-0.2, 0) is 14.3 Å². The Labute approximate surface area is 235 Å². The molecule has 11 heteroatoms. The van der Waals surface area contributed by atoms with E-state index in [-0.39, 0.29) is 12.5 Å². The summed E-state index contributed by atoms with van der Waals surface area (Å²) in [5.74, 6) is 0.275. The van der Waals surface area contributed by atoms with E-state index in [0.717, 1.165) is 11.3 Å². The zero-order valence-corrected chi connectivity index (χ0v) is 22.6. The molecule has 0 bridgehead atoms. The molecular weight excluding hydrogens is 530 g/mol. The van der Waals surface area contributed by atoms with Crippen molar-refractivity contribution in [2.75, 3.05) is 23.8 Å². The van der Waals surface area contributed by atoms with E-state index in [1.807, 2.05) is 48.5 Å². The molecule has 0 aliphatic carbocycles. The number of amides is 1. The van der Waals surface area contributed by atoms with Gasteiger partial charge in [-0.3, -0.25) is 19.3 Å². The van der Waals surface area contributed by atoms with Crippen LogP contribution in [0.1, 0.15) is 18.4 Å². The minimum absolute atomic E-state index is 0.0319. The molecule has 2 atom stereocenters. The van der Waals surface area contributed by atoms with E-state index in [9.17, 15) is 19.8 Å². The van der Waals surface area contributed by atoms with Crippen LogP contribution in [0.2, 0.25) is 0 Å². The monoisotopic (exact) mass is 557 g/mol. The Morgan fingerprint density at radius 3 is 2.52 bits per heavy atom. The van der Waals surface area contributed by atoms with E-state index < -0.39 is 18.2 Å². The number of aliphatic hydroxyl groups is 1. The summed E-state index contributed by atoms with van der Waals surface area (Å²) < 4.78 is 7.09. The van der Waals surface area contributed by atoms with Crippen molar-refractivity contribution in [2.24, 2.45) is 0 Å². The topological polar surface area (TPSA) is 133 Å². The molecule has 3 aromatic carbocycles. The first-order valence-electron chi connectivity index (χ1n) is 12.2. The number of H-pyrrole nitrogens is 1. The normalized spacial score (nSPS) is 12.0. The van der Waals surface area contributed by atoms with Gasteiger partial charge in [-0.05, 0) is 48.1 Å². The van der Waals surface area contributed by atoms with Gasteiger partial charge in [0.1, 0.15) is 12.0 Å². The number of aliphatic carboxylic acids is 1. The summed E-state index contributed by atoms with van der Waals surface area (Å²) in [4.78, 5) is 26.3. The molecule has 1 heterocycles. The average molecular weight is 558 g/mol. The van der Waals surface area contributed by atoms with Crippen LogP contribution in [0.4, 0.5) is 11.4 Å². The highest BCUT2D eigenvalue weighted by molar-refractivity contribution is 7.71. The first-order chi connectivity index (χ1) is 19.3. The van der Waals surface area contributed by atoms with Crippen LogP contribution in [0.15, 0.2) is 78.9 Å². The molecule has 0 aliphatic heterocycles. The number of carbonyl (C=O) groups is 2. The summed E-state index contributed by atoms with van der Waals surface area (Å²) in [6.45, 7) is 1.54. The van der Waals surface area contributed by atoms with Gasteiger partial charge >= 0.3 is 5.97 Å². The molecule has 0 radical (unpaired) electrons. The molecule has 4 rings (SSSR count). The van der Waals surface area contributed by atoms with Crippen LogP contribution >= 0.6 is 12.2 Å². The van der Waals surface area contributed by atoms with Crippen molar-refractivity contribution >= 4 is 35.5 Å². The Hall–Kier alpha value is -4.92.